The van der Waals surface area contributed by atoms with Gasteiger partial charge in [-0.15, -0.1) is 0 Å². The summed E-state index contributed by atoms with van der Waals surface area (Å²) in [5.74, 6) is -0.0113. The van der Waals surface area contributed by atoms with Crippen molar-refractivity contribution in [1.82, 2.24) is 15.8 Å². The van der Waals surface area contributed by atoms with Gasteiger partial charge in [0.15, 0.2) is 0 Å². The summed E-state index contributed by atoms with van der Waals surface area (Å²) in [6.45, 7) is 2.55. The number of hydrazine groups is 1. The Labute approximate surface area is 128 Å². The summed E-state index contributed by atoms with van der Waals surface area (Å²) in [7, 11) is 0. The lowest BCUT2D eigenvalue weighted by Gasteiger charge is -2.27. The number of carbonyl (C=O) groups excluding carboxylic acids is 2. The number of amides is 2. The van der Waals surface area contributed by atoms with E-state index in [1.807, 2.05) is 36.2 Å². The highest BCUT2D eigenvalue weighted by Gasteiger charge is 2.42. The van der Waals surface area contributed by atoms with Gasteiger partial charge in [-0.25, -0.2) is 5.43 Å². The molecule has 1 saturated heterocycles. The zero-order chi connectivity index (χ0) is 15.3. The standard InChI is InChI=1S/C16H18N4O2/c1-10-9-20-14(15(21)17-10)8-12(18-20)16(22)19-7-6-11-4-2-3-5-13(11)19/h2-5,9,12,14,18H,6-8H2,1H3,(H,17,21). The predicted molar refractivity (Wildman–Crippen MR) is 81.6 cm³/mol. The van der Waals surface area contributed by atoms with Gasteiger partial charge < -0.3 is 15.2 Å². The maximum Gasteiger partial charge on any atom is 0.248 e. The van der Waals surface area contributed by atoms with Crippen LogP contribution in [0.2, 0.25) is 0 Å². The smallest absolute Gasteiger partial charge is 0.248 e. The minimum atomic E-state index is -0.357. The van der Waals surface area contributed by atoms with Crippen LogP contribution < -0.4 is 15.6 Å². The van der Waals surface area contributed by atoms with Gasteiger partial charge in [-0.3, -0.25) is 9.59 Å². The van der Waals surface area contributed by atoms with Crippen LogP contribution in [-0.4, -0.2) is 35.5 Å². The van der Waals surface area contributed by atoms with Gasteiger partial charge in [0.2, 0.25) is 11.8 Å². The topological polar surface area (TPSA) is 64.7 Å². The molecule has 0 saturated carbocycles. The summed E-state index contributed by atoms with van der Waals surface area (Å²) in [6.07, 6.45) is 3.23. The van der Waals surface area contributed by atoms with Crippen molar-refractivity contribution in [3.05, 3.63) is 41.7 Å². The zero-order valence-corrected chi connectivity index (χ0v) is 12.4. The largest absolute Gasteiger partial charge is 0.327 e. The van der Waals surface area contributed by atoms with Crippen molar-refractivity contribution in [3.63, 3.8) is 0 Å². The van der Waals surface area contributed by atoms with Crippen LogP contribution in [0, 0.1) is 0 Å². The molecule has 2 amide bonds. The van der Waals surface area contributed by atoms with Crippen molar-refractivity contribution in [2.24, 2.45) is 0 Å². The van der Waals surface area contributed by atoms with Crippen molar-refractivity contribution in [2.75, 3.05) is 11.4 Å². The Morgan fingerprint density at radius 2 is 2.14 bits per heavy atom. The van der Waals surface area contributed by atoms with Gasteiger partial charge in [-0.2, -0.15) is 0 Å². The molecule has 1 aromatic rings. The van der Waals surface area contributed by atoms with Gasteiger partial charge in [0.25, 0.3) is 0 Å². The van der Waals surface area contributed by atoms with E-state index in [4.69, 9.17) is 0 Å². The van der Waals surface area contributed by atoms with E-state index in [2.05, 4.69) is 16.8 Å². The molecule has 3 aliphatic heterocycles. The molecule has 0 spiro atoms. The third-order valence-electron chi connectivity index (χ3n) is 4.51. The summed E-state index contributed by atoms with van der Waals surface area (Å²) in [5, 5.41) is 4.57. The van der Waals surface area contributed by atoms with E-state index < -0.39 is 0 Å². The molecule has 2 unspecified atom stereocenters. The van der Waals surface area contributed by atoms with E-state index in [1.54, 1.807) is 5.01 Å². The average molecular weight is 298 g/mol. The number of rotatable bonds is 1. The molecular weight excluding hydrogens is 280 g/mol. The highest BCUT2D eigenvalue weighted by Crippen LogP contribution is 2.30. The van der Waals surface area contributed by atoms with Gasteiger partial charge in [0.1, 0.15) is 12.1 Å². The third kappa shape index (κ3) is 1.99. The maximum absolute atomic E-state index is 12.8. The number of nitrogens with zero attached hydrogens (tertiary/aromatic N) is 2. The molecule has 0 aliphatic carbocycles. The molecule has 3 heterocycles. The molecule has 114 valence electrons. The minimum Gasteiger partial charge on any atom is -0.327 e. The summed E-state index contributed by atoms with van der Waals surface area (Å²) in [4.78, 5) is 26.7. The van der Waals surface area contributed by atoms with Crippen molar-refractivity contribution in [2.45, 2.75) is 31.8 Å². The van der Waals surface area contributed by atoms with E-state index in [1.165, 1.54) is 5.56 Å². The number of hydrogen-bond acceptors (Lipinski definition) is 4. The first-order valence-corrected chi connectivity index (χ1v) is 7.56. The second-order valence-electron chi connectivity index (χ2n) is 6.01. The Kier molecular flexibility index (Phi) is 2.94. The molecule has 2 atom stereocenters. The van der Waals surface area contributed by atoms with E-state index in [-0.39, 0.29) is 23.9 Å². The molecule has 3 aliphatic rings. The lowest BCUT2D eigenvalue weighted by Crippen LogP contribution is -2.49. The number of hydrogen-bond donors (Lipinski definition) is 2. The Morgan fingerprint density at radius 3 is 3.00 bits per heavy atom. The molecule has 0 bridgehead atoms. The molecule has 22 heavy (non-hydrogen) atoms. The molecule has 6 nitrogen and oxygen atoms in total. The van der Waals surface area contributed by atoms with Gasteiger partial charge in [-0.1, -0.05) is 18.2 Å². The van der Waals surface area contributed by atoms with Crippen LogP contribution in [0.15, 0.2) is 36.2 Å². The molecule has 1 aromatic carbocycles. The number of fused-ring (bicyclic) bond motifs is 2. The average Bonchev–Trinajstić information content (AvgIpc) is 3.10. The zero-order valence-electron chi connectivity index (χ0n) is 12.4. The van der Waals surface area contributed by atoms with Gasteiger partial charge >= 0.3 is 0 Å². The summed E-state index contributed by atoms with van der Waals surface area (Å²) in [5.41, 5.74) is 6.16. The number of para-hydroxylation sites is 1. The first-order chi connectivity index (χ1) is 10.6. The second-order valence-corrected chi connectivity index (χ2v) is 6.01. The molecular formula is C16H18N4O2. The van der Waals surface area contributed by atoms with Crippen LogP contribution in [-0.2, 0) is 16.0 Å². The lowest BCUT2D eigenvalue weighted by atomic mass is 10.1. The Balaban J connectivity index is 1.55. The predicted octanol–water partition coefficient (Wildman–Crippen LogP) is 0.514. The highest BCUT2D eigenvalue weighted by atomic mass is 16.2. The van der Waals surface area contributed by atoms with Crippen LogP contribution in [0.5, 0.6) is 0 Å². The lowest BCUT2D eigenvalue weighted by molar-refractivity contribution is -0.125. The fourth-order valence-electron chi connectivity index (χ4n) is 3.45. The molecule has 2 N–H and O–H groups in total. The number of anilines is 1. The third-order valence-corrected chi connectivity index (χ3v) is 4.51. The molecule has 4 rings (SSSR count). The first kappa shape index (κ1) is 13.3. The van der Waals surface area contributed by atoms with Crippen LogP contribution in [0.4, 0.5) is 5.69 Å². The Bertz CT molecular complexity index is 684. The van der Waals surface area contributed by atoms with Crippen LogP contribution in [0.3, 0.4) is 0 Å². The van der Waals surface area contributed by atoms with E-state index in [0.717, 1.165) is 17.8 Å². The van der Waals surface area contributed by atoms with Gasteiger partial charge in [0, 0.05) is 30.5 Å². The molecule has 1 fully saturated rings. The molecule has 0 aromatic heterocycles. The first-order valence-electron chi connectivity index (χ1n) is 7.56. The Morgan fingerprint density at radius 1 is 1.32 bits per heavy atom. The van der Waals surface area contributed by atoms with E-state index >= 15 is 0 Å². The number of benzene rings is 1. The fourth-order valence-corrected chi connectivity index (χ4v) is 3.45. The van der Waals surface area contributed by atoms with Crippen LogP contribution >= 0.6 is 0 Å². The fraction of sp³-hybridized carbons (Fsp3) is 0.375. The Hall–Kier alpha value is -2.34. The van der Waals surface area contributed by atoms with E-state index in [0.29, 0.717) is 13.0 Å². The number of carbonyl (C=O) groups is 2. The van der Waals surface area contributed by atoms with Gasteiger partial charge in [0.05, 0.1) is 0 Å². The monoisotopic (exact) mass is 298 g/mol. The molecule has 0 radical (unpaired) electrons. The number of allylic oxidation sites excluding steroid dienone is 1. The summed E-state index contributed by atoms with van der Waals surface area (Å²) in [6, 6.07) is 7.33. The normalized spacial score (nSPS) is 26.4. The minimum absolute atomic E-state index is 0.0400. The van der Waals surface area contributed by atoms with E-state index in [9.17, 15) is 9.59 Å². The second kappa shape index (κ2) is 4.84. The SMILES string of the molecule is CC1=CN2NC(C(=O)N3CCc4ccccc43)CC2C(=O)N1. The highest BCUT2D eigenvalue weighted by molar-refractivity contribution is 6.00. The summed E-state index contributed by atoms with van der Waals surface area (Å²) >= 11 is 0. The van der Waals surface area contributed by atoms with Crippen molar-refractivity contribution < 1.29 is 9.59 Å². The van der Waals surface area contributed by atoms with Gasteiger partial charge in [-0.05, 0) is 25.0 Å². The van der Waals surface area contributed by atoms with Crippen molar-refractivity contribution in [3.8, 4) is 0 Å². The van der Waals surface area contributed by atoms with Crippen LogP contribution in [0.25, 0.3) is 0 Å². The quantitative estimate of drug-likeness (QED) is 0.793. The molecule has 6 heteroatoms. The van der Waals surface area contributed by atoms with Crippen LogP contribution in [0.1, 0.15) is 18.9 Å². The van der Waals surface area contributed by atoms with Crippen molar-refractivity contribution >= 4 is 17.5 Å². The number of nitrogens with one attached hydrogen (secondary N) is 2. The maximum atomic E-state index is 12.8. The summed E-state index contributed by atoms with van der Waals surface area (Å²) < 4.78 is 0. The van der Waals surface area contributed by atoms with Crippen molar-refractivity contribution in [1.29, 1.82) is 0 Å².